The highest BCUT2D eigenvalue weighted by atomic mass is 16.6. The third-order valence-corrected chi connectivity index (χ3v) is 7.09. The third kappa shape index (κ3) is 4.71. The average Bonchev–Trinajstić information content (AvgIpc) is 3.42. The van der Waals surface area contributed by atoms with Gasteiger partial charge in [0.1, 0.15) is 6.04 Å². The number of hydrogen-bond donors (Lipinski definition) is 0. The summed E-state index contributed by atoms with van der Waals surface area (Å²) in [4.78, 5) is 29.3. The molecule has 2 aliphatic rings. The first kappa shape index (κ1) is 23.2. The van der Waals surface area contributed by atoms with Gasteiger partial charge in [0.2, 0.25) is 5.91 Å². The van der Waals surface area contributed by atoms with Crippen LogP contribution in [0.4, 0.5) is 4.79 Å². The highest BCUT2D eigenvalue weighted by Gasteiger charge is 2.42. The number of nitrogens with zero attached hydrogens (tertiary/aromatic N) is 4. The molecule has 2 atom stereocenters. The van der Waals surface area contributed by atoms with Crippen LogP contribution in [0.2, 0.25) is 0 Å². The van der Waals surface area contributed by atoms with Crippen LogP contribution in [0.25, 0.3) is 10.9 Å². The quantitative estimate of drug-likeness (QED) is 0.556. The zero-order valence-corrected chi connectivity index (χ0v) is 19.8. The molecule has 0 radical (unpaired) electrons. The van der Waals surface area contributed by atoms with Crippen LogP contribution in [0.1, 0.15) is 63.6 Å². The Balaban J connectivity index is 1.38. The van der Waals surface area contributed by atoms with Crippen LogP contribution >= 0.6 is 0 Å². The molecule has 2 aromatic rings. The average molecular weight is 451 g/mol. The predicted octanol–water partition coefficient (Wildman–Crippen LogP) is 4.47. The molecular formula is C26H34N4O3. The summed E-state index contributed by atoms with van der Waals surface area (Å²) in [6.45, 7) is 6.81. The van der Waals surface area contributed by atoms with E-state index in [2.05, 4.69) is 30.6 Å². The number of ether oxygens (including phenoxy) is 1. The Labute approximate surface area is 195 Å². The van der Waals surface area contributed by atoms with Gasteiger partial charge in [0.25, 0.3) is 0 Å². The van der Waals surface area contributed by atoms with Crippen LogP contribution in [0, 0.1) is 11.3 Å². The molecule has 2 fully saturated rings. The van der Waals surface area contributed by atoms with Crippen molar-refractivity contribution in [1.82, 2.24) is 14.4 Å². The van der Waals surface area contributed by atoms with E-state index in [1.165, 1.54) is 5.69 Å². The second-order valence-electron chi connectivity index (χ2n) is 9.10. The van der Waals surface area contributed by atoms with Gasteiger partial charge in [0.05, 0.1) is 18.2 Å². The van der Waals surface area contributed by atoms with Gasteiger partial charge >= 0.3 is 6.09 Å². The van der Waals surface area contributed by atoms with E-state index in [9.17, 15) is 14.9 Å². The van der Waals surface area contributed by atoms with Crippen molar-refractivity contribution in [3.8, 4) is 6.07 Å². The number of unbranched alkanes of at least 4 members (excludes halogenated alkanes) is 1. The van der Waals surface area contributed by atoms with Gasteiger partial charge in [-0.1, -0.05) is 19.4 Å². The minimum Gasteiger partial charge on any atom is -0.449 e. The lowest BCUT2D eigenvalue weighted by atomic mass is 9.95. The van der Waals surface area contributed by atoms with Gasteiger partial charge in [0.15, 0.2) is 0 Å². The topological polar surface area (TPSA) is 78.6 Å². The molecule has 1 aromatic carbocycles. The van der Waals surface area contributed by atoms with Crippen molar-refractivity contribution in [2.24, 2.45) is 0 Å². The first-order valence-corrected chi connectivity index (χ1v) is 12.3. The molecule has 176 valence electrons. The molecule has 0 aliphatic carbocycles. The van der Waals surface area contributed by atoms with E-state index in [4.69, 9.17) is 4.74 Å². The Morgan fingerprint density at radius 1 is 1.15 bits per heavy atom. The van der Waals surface area contributed by atoms with E-state index in [1.54, 1.807) is 4.90 Å². The van der Waals surface area contributed by atoms with E-state index in [0.717, 1.165) is 68.9 Å². The van der Waals surface area contributed by atoms with Gasteiger partial charge in [-0.3, -0.25) is 9.69 Å². The number of fused-ring (bicyclic) bond motifs is 1. The number of amides is 2. The van der Waals surface area contributed by atoms with Crippen LogP contribution in [0.5, 0.6) is 0 Å². The maximum atomic E-state index is 13.3. The first-order chi connectivity index (χ1) is 16.1. The van der Waals surface area contributed by atoms with E-state index in [1.807, 2.05) is 23.1 Å². The van der Waals surface area contributed by atoms with Crippen molar-refractivity contribution in [1.29, 1.82) is 5.26 Å². The standard InChI is InChI=1S/C26H34N4O3/c1-3-5-15-33-26(32)30-13-6-7-23(30)25(31)29-14-12-21(29)10-11-22-17-20-9-8-19(18-27)16-24(20)28(22)4-2/h8-9,16-17,21,23H,3-7,10-15H2,1-2H3/t21-,23+/m0/s1. The zero-order chi connectivity index (χ0) is 23.4. The maximum Gasteiger partial charge on any atom is 0.410 e. The third-order valence-electron chi connectivity index (χ3n) is 7.09. The van der Waals surface area contributed by atoms with Crippen molar-refractivity contribution in [2.45, 2.75) is 77.4 Å². The molecule has 2 saturated heterocycles. The number of aryl methyl sites for hydroxylation is 2. The Morgan fingerprint density at radius 3 is 2.70 bits per heavy atom. The Morgan fingerprint density at radius 2 is 2.00 bits per heavy atom. The Bertz CT molecular complexity index is 1050. The molecular weight excluding hydrogens is 416 g/mol. The highest BCUT2D eigenvalue weighted by Crippen LogP contribution is 2.29. The molecule has 33 heavy (non-hydrogen) atoms. The van der Waals surface area contributed by atoms with E-state index >= 15 is 0 Å². The van der Waals surface area contributed by atoms with Crippen molar-refractivity contribution < 1.29 is 14.3 Å². The lowest BCUT2D eigenvalue weighted by Crippen LogP contribution is -2.57. The normalized spacial score (nSPS) is 20.0. The summed E-state index contributed by atoms with van der Waals surface area (Å²) in [5.41, 5.74) is 3.01. The number of benzene rings is 1. The Hall–Kier alpha value is -3.01. The maximum absolute atomic E-state index is 13.3. The smallest absolute Gasteiger partial charge is 0.410 e. The molecule has 7 nitrogen and oxygen atoms in total. The number of aromatic nitrogens is 1. The van der Waals surface area contributed by atoms with Crippen LogP contribution in [-0.2, 0) is 22.5 Å². The minimum absolute atomic E-state index is 0.0749. The monoisotopic (exact) mass is 450 g/mol. The fraction of sp³-hybridized carbons (Fsp3) is 0.577. The van der Waals surface area contributed by atoms with Crippen LogP contribution in [0.15, 0.2) is 24.3 Å². The molecule has 4 rings (SSSR count). The molecule has 2 amide bonds. The fourth-order valence-electron chi connectivity index (χ4n) is 5.13. The summed E-state index contributed by atoms with van der Waals surface area (Å²) < 4.78 is 7.64. The van der Waals surface area contributed by atoms with E-state index in [0.29, 0.717) is 18.7 Å². The van der Waals surface area contributed by atoms with Gasteiger partial charge in [-0.25, -0.2) is 4.79 Å². The van der Waals surface area contributed by atoms with Crippen molar-refractivity contribution in [3.63, 3.8) is 0 Å². The molecule has 0 bridgehead atoms. The molecule has 0 spiro atoms. The summed E-state index contributed by atoms with van der Waals surface area (Å²) in [7, 11) is 0. The highest BCUT2D eigenvalue weighted by molar-refractivity contribution is 5.87. The van der Waals surface area contributed by atoms with E-state index < -0.39 is 0 Å². The fourth-order valence-corrected chi connectivity index (χ4v) is 5.13. The van der Waals surface area contributed by atoms with Crippen LogP contribution in [0.3, 0.4) is 0 Å². The number of rotatable bonds is 8. The molecule has 7 heteroatoms. The van der Waals surface area contributed by atoms with Gasteiger partial charge in [-0.2, -0.15) is 5.26 Å². The second kappa shape index (κ2) is 10.3. The predicted molar refractivity (Wildman–Crippen MR) is 127 cm³/mol. The summed E-state index contributed by atoms with van der Waals surface area (Å²) in [6, 6.07) is 10.1. The van der Waals surface area contributed by atoms with Crippen molar-refractivity contribution in [2.75, 3.05) is 19.7 Å². The summed E-state index contributed by atoms with van der Waals surface area (Å²) in [6.07, 6.45) is 5.83. The Kier molecular flexibility index (Phi) is 7.22. The molecule has 0 unspecified atom stereocenters. The lowest BCUT2D eigenvalue weighted by molar-refractivity contribution is -0.143. The molecule has 0 N–H and O–H groups in total. The largest absolute Gasteiger partial charge is 0.449 e. The van der Waals surface area contributed by atoms with Crippen LogP contribution < -0.4 is 0 Å². The zero-order valence-electron chi connectivity index (χ0n) is 19.8. The first-order valence-electron chi connectivity index (χ1n) is 12.3. The van der Waals surface area contributed by atoms with E-state index in [-0.39, 0.29) is 24.1 Å². The van der Waals surface area contributed by atoms with Gasteiger partial charge in [-0.05, 0) is 69.0 Å². The molecule has 1 aromatic heterocycles. The number of nitriles is 1. The number of hydrogen-bond acceptors (Lipinski definition) is 4. The molecule has 2 aliphatic heterocycles. The summed E-state index contributed by atoms with van der Waals surface area (Å²) in [5, 5.41) is 10.4. The molecule has 3 heterocycles. The lowest BCUT2D eigenvalue weighted by Gasteiger charge is -2.43. The number of carbonyl (C=O) groups is 2. The summed E-state index contributed by atoms with van der Waals surface area (Å²) in [5.74, 6) is 0.0749. The van der Waals surface area contributed by atoms with Crippen LogP contribution in [-0.4, -0.2) is 58.1 Å². The van der Waals surface area contributed by atoms with Gasteiger partial charge in [-0.15, -0.1) is 0 Å². The van der Waals surface area contributed by atoms with Gasteiger partial charge in [0, 0.05) is 36.9 Å². The van der Waals surface area contributed by atoms with Crippen molar-refractivity contribution >= 4 is 22.9 Å². The molecule has 0 saturated carbocycles. The van der Waals surface area contributed by atoms with Gasteiger partial charge < -0.3 is 14.2 Å². The summed E-state index contributed by atoms with van der Waals surface area (Å²) >= 11 is 0. The SMILES string of the molecule is CCCCOC(=O)N1CCC[C@@H]1C(=O)N1CC[C@@H]1CCc1cc2ccc(C#N)cc2n1CC. The minimum atomic E-state index is -0.381. The van der Waals surface area contributed by atoms with Crippen molar-refractivity contribution in [3.05, 3.63) is 35.5 Å². The second-order valence-corrected chi connectivity index (χ2v) is 9.10. The number of likely N-dealkylation sites (tertiary alicyclic amines) is 2. The number of carbonyl (C=O) groups excluding carboxylic acids is 2.